The maximum Gasteiger partial charge on any atom is 0.328 e. The molecule has 1 aromatic carbocycles. The highest BCUT2D eigenvalue weighted by Crippen LogP contribution is 2.31. The number of rotatable bonds is 8. The average Bonchev–Trinajstić information content (AvgIpc) is 3.16. The highest BCUT2D eigenvalue weighted by Gasteiger charge is 2.21. The van der Waals surface area contributed by atoms with Gasteiger partial charge in [0, 0.05) is 10.9 Å². The van der Waals surface area contributed by atoms with Crippen molar-refractivity contribution in [3.05, 3.63) is 51.9 Å². The minimum atomic E-state index is -0.707. The van der Waals surface area contributed by atoms with Crippen LogP contribution in [0.15, 0.2) is 40.8 Å². The number of esters is 1. The molecule has 0 fully saturated rings. The van der Waals surface area contributed by atoms with Crippen molar-refractivity contribution in [2.24, 2.45) is 0 Å². The summed E-state index contributed by atoms with van der Waals surface area (Å²) in [7, 11) is 0. The quantitative estimate of drug-likeness (QED) is 0.396. The average molecular weight is 399 g/mol. The molecule has 0 spiro atoms. The summed E-state index contributed by atoms with van der Waals surface area (Å²) in [6, 6.07) is 7.50. The Bertz CT molecular complexity index is 1000. The first-order valence-electron chi connectivity index (χ1n) is 9.81. The predicted octanol–water partition coefficient (Wildman–Crippen LogP) is 4.98. The van der Waals surface area contributed by atoms with E-state index in [1.54, 1.807) is 6.92 Å². The number of unbranched alkanes of at least 4 members (excludes halogenated alkanes) is 2. The molecular formula is C22H26N2O3S. The number of aryl methyl sites for hydroxylation is 1. The fourth-order valence-corrected chi connectivity index (χ4v) is 4.02. The van der Waals surface area contributed by atoms with Crippen molar-refractivity contribution in [2.75, 3.05) is 6.61 Å². The minimum Gasteiger partial charge on any atom is -0.464 e. The van der Waals surface area contributed by atoms with Gasteiger partial charge >= 0.3 is 5.97 Å². The number of nitrogens with zero attached hydrogens (tertiary/aromatic N) is 2. The molecule has 0 bridgehead atoms. The fourth-order valence-electron chi connectivity index (χ4n) is 3.11. The third-order valence-electron chi connectivity index (χ3n) is 4.94. The molecule has 1 atom stereocenters. The number of ether oxygens (including phenoxy) is 1. The Kier molecular flexibility index (Phi) is 6.62. The molecule has 0 radical (unpaired) electrons. The number of carbonyl (C=O) groups excluding carboxylic acids is 1. The van der Waals surface area contributed by atoms with Gasteiger partial charge in [0.2, 0.25) is 0 Å². The van der Waals surface area contributed by atoms with Gasteiger partial charge in [0.15, 0.2) is 0 Å². The van der Waals surface area contributed by atoms with Crippen LogP contribution in [0.3, 0.4) is 0 Å². The highest BCUT2D eigenvalue weighted by atomic mass is 32.1. The number of fused-ring (bicyclic) bond motifs is 1. The van der Waals surface area contributed by atoms with Gasteiger partial charge in [-0.25, -0.2) is 9.78 Å². The van der Waals surface area contributed by atoms with Crippen LogP contribution in [0.2, 0.25) is 0 Å². The molecule has 0 saturated heterocycles. The first-order valence-corrected chi connectivity index (χ1v) is 10.7. The second-order valence-corrected chi connectivity index (χ2v) is 7.75. The molecule has 0 amide bonds. The van der Waals surface area contributed by atoms with Crippen LogP contribution in [0.1, 0.15) is 51.6 Å². The zero-order valence-electron chi connectivity index (χ0n) is 16.6. The van der Waals surface area contributed by atoms with Crippen molar-refractivity contribution in [2.45, 2.75) is 52.5 Å². The van der Waals surface area contributed by atoms with Crippen LogP contribution in [0, 0.1) is 0 Å². The standard InChI is InChI=1S/C22H26N2O3S/c1-4-6-7-12-27-22(26)15(3)24-14-23-20-19(21(24)25)18(13-28-20)17-10-8-16(5-2)9-11-17/h8-11,13-15H,4-7,12H2,1-3H3/t15-/m0/s1. The predicted molar refractivity (Wildman–Crippen MR) is 114 cm³/mol. The third-order valence-corrected chi connectivity index (χ3v) is 5.83. The molecule has 0 N–H and O–H groups in total. The molecule has 0 aliphatic rings. The largest absolute Gasteiger partial charge is 0.464 e. The van der Waals surface area contributed by atoms with E-state index in [1.807, 2.05) is 17.5 Å². The number of carbonyl (C=O) groups is 1. The highest BCUT2D eigenvalue weighted by molar-refractivity contribution is 7.17. The van der Waals surface area contributed by atoms with Crippen LogP contribution in [0.25, 0.3) is 21.3 Å². The van der Waals surface area contributed by atoms with Crippen molar-refractivity contribution < 1.29 is 9.53 Å². The molecule has 0 unspecified atom stereocenters. The van der Waals surface area contributed by atoms with Crippen LogP contribution in [0.5, 0.6) is 0 Å². The van der Waals surface area contributed by atoms with E-state index in [0.29, 0.717) is 16.8 Å². The second-order valence-electron chi connectivity index (χ2n) is 6.89. The number of benzene rings is 1. The van der Waals surface area contributed by atoms with Crippen molar-refractivity contribution >= 4 is 27.5 Å². The Balaban J connectivity index is 1.92. The molecule has 6 heteroatoms. The van der Waals surface area contributed by atoms with E-state index < -0.39 is 12.0 Å². The lowest BCUT2D eigenvalue weighted by molar-refractivity contribution is -0.147. The van der Waals surface area contributed by atoms with Gasteiger partial charge in [0.25, 0.3) is 5.56 Å². The lowest BCUT2D eigenvalue weighted by Crippen LogP contribution is -2.29. The summed E-state index contributed by atoms with van der Waals surface area (Å²) in [5, 5.41) is 2.51. The zero-order valence-corrected chi connectivity index (χ0v) is 17.4. The van der Waals surface area contributed by atoms with E-state index in [1.165, 1.54) is 27.8 Å². The van der Waals surface area contributed by atoms with Crippen molar-refractivity contribution in [3.63, 3.8) is 0 Å². The van der Waals surface area contributed by atoms with Gasteiger partial charge in [0.1, 0.15) is 10.9 Å². The Morgan fingerprint density at radius 2 is 1.96 bits per heavy atom. The lowest BCUT2D eigenvalue weighted by Gasteiger charge is -2.14. The first-order chi connectivity index (χ1) is 13.6. The smallest absolute Gasteiger partial charge is 0.328 e. The molecule has 2 aromatic heterocycles. The molecule has 2 heterocycles. The molecule has 28 heavy (non-hydrogen) atoms. The van der Waals surface area contributed by atoms with Crippen molar-refractivity contribution in [3.8, 4) is 11.1 Å². The van der Waals surface area contributed by atoms with Gasteiger partial charge in [0.05, 0.1) is 18.3 Å². The Morgan fingerprint density at radius 3 is 2.64 bits per heavy atom. The number of hydrogen-bond donors (Lipinski definition) is 0. The van der Waals surface area contributed by atoms with E-state index in [4.69, 9.17) is 4.74 Å². The van der Waals surface area contributed by atoms with E-state index in [2.05, 4.69) is 31.0 Å². The third kappa shape index (κ3) is 4.17. The molecule has 0 aliphatic heterocycles. The number of thiophene rings is 1. The van der Waals surface area contributed by atoms with Gasteiger partial charge in [-0.3, -0.25) is 9.36 Å². The first kappa shape index (κ1) is 20.3. The molecule has 148 valence electrons. The lowest BCUT2D eigenvalue weighted by atomic mass is 10.0. The maximum atomic E-state index is 13.2. The van der Waals surface area contributed by atoms with Crippen LogP contribution >= 0.6 is 11.3 Å². The van der Waals surface area contributed by atoms with Crippen LogP contribution in [0.4, 0.5) is 0 Å². The van der Waals surface area contributed by atoms with E-state index in [0.717, 1.165) is 36.8 Å². The SMILES string of the molecule is CCCCCOC(=O)[C@H](C)n1cnc2scc(-c3ccc(CC)cc3)c2c1=O. The van der Waals surface area contributed by atoms with Gasteiger partial charge in [-0.05, 0) is 30.9 Å². The number of hydrogen-bond acceptors (Lipinski definition) is 5. The summed E-state index contributed by atoms with van der Waals surface area (Å²) in [6.07, 6.45) is 5.33. The van der Waals surface area contributed by atoms with Crippen LogP contribution in [-0.4, -0.2) is 22.1 Å². The summed E-state index contributed by atoms with van der Waals surface area (Å²) >= 11 is 1.44. The topological polar surface area (TPSA) is 61.2 Å². The van der Waals surface area contributed by atoms with Gasteiger partial charge in [-0.15, -0.1) is 11.3 Å². The van der Waals surface area contributed by atoms with E-state index in [-0.39, 0.29) is 5.56 Å². The normalized spacial score (nSPS) is 12.2. The molecule has 5 nitrogen and oxygen atoms in total. The fraction of sp³-hybridized carbons (Fsp3) is 0.409. The summed E-state index contributed by atoms with van der Waals surface area (Å²) in [6.45, 7) is 6.27. The summed E-state index contributed by atoms with van der Waals surface area (Å²) < 4.78 is 6.70. The Morgan fingerprint density at radius 1 is 1.21 bits per heavy atom. The zero-order chi connectivity index (χ0) is 20.1. The van der Waals surface area contributed by atoms with Crippen LogP contribution < -0.4 is 5.56 Å². The molecule has 0 aliphatic carbocycles. The Hall–Kier alpha value is -2.47. The summed E-state index contributed by atoms with van der Waals surface area (Å²) in [5.74, 6) is -0.400. The molecule has 3 rings (SSSR count). The Labute approximate surface area is 169 Å². The van der Waals surface area contributed by atoms with Crippen LogP contribution in [-0.2, 0) is 16.0 Å². The maximum absolute atomic E-state index is 13.2. The second kappa shape index (κ2) is 9.15. The molecule has 3 aromatic rings. The molecule has 0 saturated carbocycles. The summed E-state index contributed by atoms with van der Waals surface area (Å²) in [4.78, 5) is 30.6. The van der Waals surface area contributed by atoms with Crippen molar-refractivity contribution in [1.29, 1.82) is 0 Å². The van der Waals surface area contributed by atoms with E-state index in [9.17, 15) is 9.59 Å². The summed E-state index contributed by atoms with van der Waals surface area (Å²) in [5.41, 5.74) is 2.88. The minimum absolute atomic E-state index is 0.209. The van der Waals surface area contributed by atoms with Gasteiger partial charge < -0.3 is 4.74 Å². The van der Waals surface area contributed by atoms with Gasteiger partial charge in [-0.1, -0.05) is 51.0 Å². The van der Waals surface area contributed by atoms with Gasteiger partial charge in [-0.2, -0.15) is 0 Å². The van der Waals surface area contributed by atoms with E-state index >= 15 is 0 Å². The van der Waals surface area contributed by atoms with Crippen molar-refractivity contribution in [1.82, 2.24) is 9.55 Å². The number of aromatic nitrogens is 2. The molecular weight excluding hydrogens is 372 g/mol. The monoisotopic (exact) mass is 398 g/mol.